The zero-order chi connectivity index (χ0) is 14.0. The lowest BCUT2D eigenvalue weighted by Crippen LogP contribution is -2.32. The number of amides is 3. The van der Waals surface area contributed by atoms with Gasteiger partial charge in [-0.05, 0) is 6.07 Å². The van der Waals surface area contributed by atoms with Crippen molar-refractivity contribution in [2.24, 2.45) is 5.10 Å². The predicted octanol–water partition coefficient (Wildman–Crippen LogP) is -0.264. The van der Waals surface area contributed by atoms with Crippen LogP contribution in [0.5, 0.6) is 0 Å². The molecule has 0 aliphatic carbocycles. The van der Waals surface area contributed by atoms with Crippen molar-refractivity contribution in [3.8, 4) is 0 Å². The van der Waals surface area contributed by atoms with E-state index in [0.29, 0.717) is 4.90 Å². The number of carbonyl (C=O) groups is 2. The summed E-state index contributed by atoms with van der Waals surface area (Å²) < 4.78 is 4.79. The summed E-state index contributed by atoms with van der Waals surface area (Å²) in [5.41, 5.74) is 0. The number of hydrogen-bond acceptors (Lipinski definition) is 7. The van der Waals surface area contributed by atoms with Gasteiger partial charge in [0.25, 0.3) is 5.91 Å². The number of imide groups is 1. The van der Waals surface area contributed by atoms with E-state index in [2.05, 4.69) is 5.10 Å². The zero-order valence-corrected chi connectivity index (χ0v) is 9.42. The Kier molecular flexibility index (Phi) is 3.25. The molecule has 1 aromatic heterocycles. The second-order valence-corrected chi connectivity index (χ2v) is 3.48. The van der Waals surface area contributed by atoms with E-state index in [1.54, 1.807) is 0 Å². The molecule has 0 aromatic carbocycles. The molecule has 0 atom stereocenters. The molecule has 10 nitrogen and oxygen atoms in total. The Balaban J connectivity index is 2.08. The largest absolute Gasteiger partial charge is 0.433 e. The number of rotatable bonds is 4. The number of hydrazone groups is 1. The molecule has 1 aromatic rings. The van der Waals surface area contributed by atoms with Crippen LogP contribution in [0.25, 0.3) is 0 Å². The molecule has 0 spiro atoms. The highest BCUT2D eigenvalue weighted by Gasteiger charge is 2.35. The minimum Gasteiger partial charge on any atom is -0.400 e. The van der Waals surface area contributed by atoms with Crippen molar-refractivity contribution in [1.29, 1.82) is 0 Å². The molecule has 0 radical (unpaired) electrons. The summed E-state index contributed by atoms with van der Waals surface area (Å²) in [6, 6.07) is 1.66. The number of aliphatic hydroxyl groups excluding tert-OH is 1. The first-order chi connectivity index (χ1) is 9.02. The van der Waals surface area contributed by atoms with Gasteiger partial charge >= 0.3 is 11.9 Å². The van der Waals surface area contributed by atoms with Crippen molar-refractivity contribution in [1.82, 2.24) is 9.91 Å². The molecule has 0 unspecified atom stereocenters. The van der Waals surface area contributed by atoms with Crippen LogP contribution < -0.4 is 0 Å². The minimum atomic E-state index is -0.773. The summed E-state index contributed by atoms with van der Waals surface area (Å²) in [6.45, 7) is -1.03. The summed E-state index contributed by atoms with van der Waals surface area (Å²) in [7, 11) is 0. The van der Waals surface area contributed by atoms with Crippen LogP contribution in [0.1, 0.15) is 5.76 Å². The topological polar surface area (TPSA) is 129 Å². The standard InChI is InChI=1S/C9H8N4O6/c14-5-11-7(15)4-12(9(11)16)10-3-6-1-2-8(19-6)13(17)18/h1-3,14H,4-5H2. The molecule has 2 rings (SSSR count). The Morgan fingerprint density at radius 1 is 1.53 bits per heavy atom. The van der Waals surface area contributed by atoms with Gasteiger partial charge in [0.2, 0.25) is 0 Å². The number of furan rings is 1. The second kappa shape index (κ2) is 4.86. The summed E-state index contributed by atoms with van der Waals surface area (Å²) >= 11 is 0. The van der Waals surface area contributed by atoms with Crippen LogP contribution in [0.15, 0.2) is 21.7 Å². The van der Waals surface area contributed by atoms with E-state index in [-0.39, 0.29) is 12.3 Å². The molecule has 1 fully saturated rings. The summed E-state index contributed by atoms with van der Waals surface area (Å²) in [5, 5.41) is 23.6. The fourth-order valence-corrected chi connectivity index (χ4v) is 1.39. The van der Waals surface area contributed by atoms with Crippen molar-refractivity contribution >= 4 is 24.0 Å². The van der Waals surface area contributed by atoms with Crippen molar-refractivity contribution in [3.05, 3.63) is 28.0 Å². The summed E-state index contributed by atoms with van der Waals surface area (Å²) in [5.74, 6) is -0.980. The van der Waals surface area contributed by atoms with Gasteiger partial charge < -0.3 is 9.52 Å². The third kappa shape index (κ3) is 2.42. The summed E-state index contributed by atoms with van der Waals surface area (Å²) in [6.07, 6.45) is 1.07. The Labute approximate surface area is 105 Å². The lowest BCUT2D eigenvalue weighted by molar-refractivity contribution is -0.402. The molecule has 10 heteroatoms. The summed E-state index contributed by atoms with van der Waals surface area (Å²) in [4.78, 5) is 33.0. The smallest absolute Gasteiger partial charge is 0.400 e. The van der Waals surface area contributed by atoms with E-state index in [9.17, 15) is 19.7 Å². The van der Waals surface area contributed by atoms with Crippen LogP contribution in [0.2, 0.25) is 0 Å². The molecule has 2 heterocycles. The SMILES string of the molecule is O=C1CN(N=Cc2ccc([N+](=O)[O-])o2)C(=O)N1CO. The first-order valence-electron chi connectivity index (χ1n) is 5.04. The first-order valence-corrected chi connectivity index (χ1v) is 5.04. The van der Waals surface area contributed by atoms with Crippen LogP contribution in [0, 0.1) is 10.1 Å². The molecular weight excluding hydrogens is 260 g/mol. The Morgan fingerprint density at radius 3 is 2.79 bits per heavy atom. The van der Waals surface area contributed by atoms with Crippen LogP contribution in [0.3, 0.4) is 0 Å². The fourth-order valence-electron chi connectivity index (χ4n) is 1.39. The number of hydrogen-bond donors (Lipinski definition) is 1. The second-order valence-electron chi connectivity index (χ2n) is 3.48. The van der Waals surface area contributed by atoms with E-state index in [4.69, 9.17) is 9.52 Å². The van der Waals surface area contributed by atoms with E-state index >= 15 is 0 Å². The van der Waals surface area contributed by atoms with Crippen molar-refractivity contribution in [2.45, 2.75) is 0 Å². The maximum atomic E-state index is 11.5. The molecule has 19 heavy (non-hydrogen) atoms. The predicted molar refractivity (Wildman–Crippen MR) is 59.0 cm³/mol. The van der Waals surface area contributed by atoms with Gasteiger partial charge in [0, 0.05) is 0 Å². The maximum Gasteiger partial charge on any atom is 0.433 e. The highest BCUT2D eigenvalue weighted by Crippen LogP contribution is 2.15. The molecule has 100 valence electrons. The first kappa shape index (κ1) is 12.7. The third-order valence-corrected chi connectivity index (χ3v) is 2.30. The number of aliphatic hydroxyl groups is 1. The monoisotopic (exact) mass is 268 g/mol. The van der Waals surface area contributed by atoms with Gasteiger partial charge in [0.15, 0.2) is 5.76 Å². The zero-order valence-electron chi connectivity index (χ0n) is 9.42. The molecular formula is C9H8N4O6. The molecule has 0 bridgehead atoms. The lowest BCUT2D eigenvalue weighted by Gasteiger charge is -2.09. The van der Waals surface area contributed by atoms with Gasteiger partial charge in [0.1, 0.15) is 18.2 Å². The Bertz CT molecular complexity index is 565. The fraction of sp³-hybridized carbons (Fsp3) is 0.222. The average molecular weight is 268 g/mol. The maximum absolute atomic E-state index is 11.5. The van der Waals surface area contributed by atoms with Gasteiger partial charge in [-0.25, -0.2) is 14.7 Å². The highest BCUT2D eigenvalue weighted by molar-refractivity contribution is 6.02. The van der Waals surface area contributed by atoms with Gasteiger partial charge in [-0.1, -0.05) is 0 Å². The quantitative estimate of drug-likeness (QED) is 0.346. The Morgan fingerprint density at radius 2 is 2.26 bits per heavy atom. The van der Waals surface area contributed by atoms with Crippen LogP contribution in [-0.2, 0) is 4.79 Å². The van der Waals surface area contributed by atoms with Gasteiger partial charge in [0.05, 0.1) is 12.3 Å². The van der Waals surface area contributed by atoms with E-state index in [0.717, 1.165) is 17.3 Å². The number of carbonyl (C=O) groups excluding carboxylic acids is 2. The molecule has 1 saturated heterocycles. The number of nitrogens with zero attached hydrogens (tertiary/aromatic N) is 4. The highest BCUT2D eigenvalue weighted by atomic mass is 16.6. The van der Waals surface area contributed by atoms with Crippen LogP contribution in [-0.4, -0.2) is 51.4 Å². The molecule has 1 aliphatic heterocycles. The molecule has 0 saturated carbocycles. The number of urea groups is 1. The van der Waals surface area contributed by atoms with Crippen LogP contribution in [0.4, 0.5) is 10.7 Å². The van der Waals surface area contributed by atoms with Crippen molar-refractivity contribution in [3.63, 3.8) is 0 Å². The van der Waals surface area contributed by atoms with Crippen molar-refractivity contribution in [2.75, 3.05) is 13.3 Å². The third-order valence-electron chi connectivity index (χ3n) is 2.30. The van der Waals surface area contributed by atoms with Crippen molar-refractivity contribution < 1.29 is 24.0 Å². The average Bonchev–Trinajstić information content (AvgIpc) is 2.92. The van der Waals surface area contributed by atoms with Gasteiger partial charge in [-0.15, -0.1) is 0 Å². The lowest BCUT2D eigenvalue weighted by atomic mass is 10.5. The van der Waals surface area contributed by atoms with Gasteiger partial charge in [-0.2, -0.15) is 5.10 Å². The normalized spacial score (nSPS) is 15.8. The Hall–Kier alpha value is -2.75. The van der Waals surface area contributed by atoms with Crippen LogP contribution >= 0.6 is 0 Å². The van der Waals surface area contributed by atoms with E-state index in [1.807, 2.05) is 0 Å². The molecule has 3 amide bonds. The van der Waals surface area contributed by atoms with E-state index < -0.39 is 29.5 Å². The number of nitro groups is 1. The van der Waals surface area contributed by atoms with E-state index in [1.165, 1.54) is 6.07 Å². The molecule has 1 aliphatic rings. The minimum absolute atomic E-state index is 0.0643. The molecule has 1 N–H and O–H groups in total. The van der Waals surface area contributed by atoms with Gasteiger partial charge in [-0.3, -0.25) is 14.9 Å².